The molecule has 6 N–H and O–H groups in total. The van der Waals surface area contributed by atoms with Crippen LogP contribution in [0.4, 0.5) is 0 Å². The molecule has 2 rings (SSSR count). The standard InChI is InChI=1S/C19H31BN2O4/c21-19(18(23)24,10-4-5-11-20(25)26)16-13-17(14-16)22-12-6-9-15-7-2-1-3-8-15/h1-3,7-8,16-17,22,25-26H,4-6,9-14,21H2,(H,23,24)/t16-,17+,19?. The minimum absolute atomic E-state index is 0.0225. The lowest BCUT2D eigenvalue weighted by atomic mass is 9.66. The van der Waals surface area contributed by atoms with E-state index in [4.69, 9.17) is 15.8 Å². The van der Waals surface area contributed by atoms with Crippen LogP contribution in [0, 0.1) is 5.92 Å². The van der Waals surface area contributed by atoms with Crippen LogP contribution in [0.3, 0.4) is 0 Å². The molecule has 1 aliphatic carbocycles. The lowest BCUT2D eigenvalue weighted by Crippen LogP contribution is -2.61. The Bertz CT molecular complexity index is 552. The molecule has 1 saturated carbocycles. The van der Waals surface area contributed by atoms with Gasteiger partial charge in [0.15, 0.2) is 0 Å². The molecule has 1 fully saturated rings. The fourth-order valence-electron chi connectivity index (χ4n) is 3.68. The van der Waals surface area contributed by atoms with E-state index in [1.807, 2.05) is 18.2 Å². The summed E-state index contributed by atoms with van der Waals surface area (Å²) < 4.78 is 0. The molecular weight excluding hydrogens is 331 g/mol. The highest BCUT2D eigenvalue weighted by molar-refractivity contribution is 6.40. The minimum atomic E-state index is -1.33. The van der Waals surface area contributed by atoms with E-state index >= 15 is 0 Å². The van der Waals surface area contributed by atoms with Crippen molar-refractivity contribution >= 4 is 13.1 Å². The van der Waals surface area contributed by atoms with Gasteiger partial charge in [0, 0.05) is 6.04 Å². The number of nitrogens with one attached hydrogen (secondary N) is 1. The number of carboxylic acids is 1. The fraction of sp³-hybridized carbons (Fsp3) is 0.632. The monoisotopic (exact) mass is 362 g/mol. The van der Waals surface area contributed by atoms with Crippen molar-refractivity contribution in [3.63, 3.8) is 0 Å². The molecule has 144 valence electrons. The molecule has 26 heavy (non-hydrogen) atoms. The third-order valence-electron chi connectivity index (χ3n) is 5.49. The van der Waals surface area contributed by atoms with Crippen molar-refractivity contribution in [3.05, 3.63) is 35.9 Å². The Labute approximate surface area is 155 Å². The molecule has 1 aromatic carbocycles. The van der Waals surface area contributed by atoms with E-state index < -0.39 is 18.6 Å². The van der Waals surface area contributed by atoms with Crippen LogP contribution >= 0.6 is 0 Å². The molecule has 1 aliphatic rings. The van der Waals surface area contributed by atoms with Crippen LogP contribution < -0.4 is 11.1 Å². The van der Waals surface area contributed by atoms with Crippen LogP contribution in [0.15, 0.2) is 30.3 Å². The molecule has 6 nitrogen and oxygen atoms in total. The Kier molecular flexibility index (Phi) is 8.09. The summed E-state index contributed by atoms with van der Waals surface area (Å²) >= 11 is 0. The van der Waals surface area contributed by atoms with Crippen molar-refractivity contribution in [1.29, 1.82) is 0 Å². The van der Waals surface area contributed by atoms with E-state index in [0.29, 0.717) is 25.3 Å². The first-order valence-electron chi connectivity index (χ1n) is 9.57. The highest BCUT2D eigenvalue weighted by atomic mass is 16.4. The van der Waals surface area contributed by atoms with Gasteiger partial charge in [-0.05, 0) is 56.5 Å². The van der Waals surface area contributed by atoms with Crippen molar-refractivity contribution in [2.75, 3.05) is 6.54 Å². The molecule has 7 heteroatoms. The maximum Gasteiger partial charge on any atom is 0.451 e. The van der Waals surface area contributed by atoms with Gasteiger partial charge in [0.1, 0.15) is 5.54 Å². The van der Waals surface area contributed by atoms with Gasteiger partial charge in [0.05, 0.1) is 0 Å². The first kappa shape index (κ1) is 20.9. The average molecular weight is 362 g/mol. The molecule has 0 radical (unpaired) electrons. The van der Waals surface area contributed by atoms with Crippen molar-refractivity contribution in [1.82, 2.24) is 5.32 Å². The Hall–Kier alpha value is -1.41. The lowest BCUT2D eigenvalue weighted by molar-refractivity contribution is -0.148. The maximum absolute atomic E-state index is 11.7. The van der Waals surface area contributed by atoms with Gasteiger partial charge < -0.3 is 26.2 Å². The Morgan fingerprint density at radius 3 is 2.50 bits per heavy atom. The van der Waals surface area contributed by atoms with Gasteiger partial charge in [-0.25, -0.2) is 0 Å². The second-order valence-electron chi connectivity index (χ2n) is 7.48. The van der Waals surface area contributed by atoms with Crippen LogP contribution in [-0.2, 0) is 11.2 Å². The lowest BCUT2D eigenvalue weighted by Gasteiger charge is -2.45. The molecular formula is C19H31BN2O4. The van der Waals surface area contributed by atoms with E-state index in [-0.39, 0.29) is 12.2 Å². The molecule has 1 aromatic rings. The highest BCUT2D eigenvalue weighted by Crippen LogP contribution is 2.38. The highest BCUT2D eigenvalue weighted by Gasteiger charge is 2.47. The van der Waals surface area contributed by atoms with Gasteiger partial charge in [0.25, 0.3) is 0 Å². The van der Waals surface area contributed by atoms with Crippen LogP contribution in [-0.4, -0.2) is 46.4 Å². The molecule has 0 saturated heterocycles. The van der Waals surface area contributed by atoms with Crippen LogP contribution in [0.1, 0.15) is 44.1 Å². The zero-order valence-corrected chi connectivity index (χ0v) is 15.3. The molecule has 0 aromatic heterocycles. The third-order valence-corrected chi connectivity index (χ3v) is 5.49. The number of nitrogens with two attached hydrogens (primary N) is 1. The minimum Gasteiger partial charge on any atom is -0.480 e. The van der Waals surface area contributed by atoms with E-state index in [9.17, 15) is 9.90 Å². The van der Waals surface area contributed by atoms with Gasteiger partial charge in [-0.3, -0.25) is 4.79 Å². The zero-order chi connectivity index (χ0) is 19.0. The molecule has 0 bridgehead atoms. The largest absolute Gasteiger partial charge is 0.480 e. The smallest absolute Gasteiger partial charge is 0.451 e. The summed E-state index contributed by atoms with van der Waals surface area (Å²) in [5, 5.41) is 30.8. The Balaban J connectivity index is 1.65. The molecule has 0 heterocycles. The normalized spacial score (nSPS) is 21.7. The van der Waals surface area contributed by atoms with E-state index in [1.165, 1.54) is 5.56 Å². The van der Waals surface area contributed by atoms with Crippen LogP contribution in [0.25, 0.3) is 0 Å². The predicted molar refractivity (Wildman–Crippen MR) is 103 cm³/mol. The van der Waals surface area contributed by atoms with E-state index in [2.05, 4.69) is 17.4 Å². The second-order valence-corrected chi connectivity index (χ2v) is 7.48. The molecule has 0 spiro atoms. The van der Waals surface area contributed by atoms with E-state index in [1.54, 1.807) is 0 Å². The van der Waals surface area contributed by atoms with Crippen molar-refractivity contribution in [3.8, 4) is 0 Å². The summed E-state index contributed by atoms with van der Waals surface area (Å²) in [5.74, 6) is -0.972. The van der Waals surface area contributed by atoms with Crippen molar-refractivity contribution in [2.24, 2.45) is 11.7 Å². The summed E-state index contributed by atoms with van der Waals surface area (Å²) in [6.45, 7) is 0.922. The van der Waals surface area contributed by atoms with Gasteiger partial charge >= 0.3 is 13.1 Å². The summed E-state index contributed by atoms with van der Waals surface area (Å²) in [6, 6.07) is 10.7. The third kappa shape index (κ3) is 6.09. The molecule has 1 atom stereocenters. The van der Waals surface area contributed by atoms with Crippen molar-refractivity contribution in [2.45, 2.75) is 62.8 Å². The number of carboxylic acid groups (broad SMARTS) is 1. The predicted octanol–water partition coefficient (Wildman–Crippen LogP) is 1.41. The summed E-state index contributed by atoms with van der Waals surface area (Å²) in [5.41, 5.74) is 6.33. The first-order chi connectivity index (χ1) is 12.4. The number of benzene rings is 1. The van der Waals surface area contributed by atoms with Crippen LogP contribution in [0.2, 0.25) is 6.32 Å². The number of rotatable bonds is 12. The summed E-state index contributed by atoms with van der Waals surface area (Å²) in [4.78, 5) is 11.7. The van der Waals surface area contributed by atoms with Crippen molar-refractivity contribution < 1.29 is 19.9 Å². The topological polar surface area (TPSA) is 116 Å². The summed E-state index contributed by atoms with van der Waals surface area (Å²) in [6.07, 6.45) is 5.46. The number of aliphatic carboxylic acids is 1. The average Bonchev–Trinajstić information content (AvgIpc) is 2.57. The van der Waals surface area contributed by atoms with E-state index in [0.717, 1.165) is 32.2 Å². The SMILES string of the molecule is NC(CCCCB(O)O)(C(=O)O)[C@H]1C[C@@H](NCCCc2ccccc2)C1. The zero-order valence-electron chi connectivity index (χ0n) is 15.3. The number of hydrogen-bond acceptors (Lipinski definition) is 5. The Morgan fingerprint density at radius 2 is 1.88 bits per heavy atom. The number of hydrogen-bond donors (Lipinski definition) is 5. The number of unbranched alkanes of at least 4 members (excludes halogenated alkanes) is 1. The second kappa shape index (κ2) is 10.1. The van der Waals surface area contributed by atoms with Gasteiger partial charge in [-0.1, -0.05) is 43.2 Å². The summed E-state index contributed by atoms with van der Waals surface area (Å²) in [7, 11) is -1.33. The first-order valence-corrected chi connectivity index (χ1v) is 9.57. The molecule has 0 amide bonds. The molecule has 0 aliphatic heterocycles. The molecule has 1 unspecified atom stereocenters. The van der Waals surface area contributed by atoms with Gasteiger partial charge in [0.2, 0.25) is 0 Å². The van der Waals surface area contributed by atoms with Crippen LogP contribution in [0.5, 0.6) is 0 Å². The number of carbonyl (C=O) groups is 1. The van der Waals surface area contributed by atoms with Gasteiger partial charge in [-0.2, -0.15) is 0 Å². The number of aryl methyl sites for hydroxylation is 1. The fourth-order valence-corrected chi connectivity index (χ4v) is 3.68. The Morgan fingerprint density at radius 1 is 1.19 bits per heavy atom. The van der Waals surface area contributed by atoms with Gasteiger partial charge in [-0.15, -0.1) is 0 Å². The quantitative estimate of drug-likeness (QED) is 0.284. The maximum atomic E-state index is 11.7.